The first-order valence-corrected chi connectivity index (χ1v) is 7.12. The highest BCUT2D eigenvalue weighted by atomic mass is 32.2. The largest absolute Gasteiger partial charge is 0.373 e. The lowest BCUT2D eigenvalue weighted by Gasteiger charge is -2.07. The van der Waals surface area contributed by atoms with Gasteiger partial charge in [0.25, 0.3) is 5.69 Å². The molecule has 0 atom stereocenters. The molecular weight excluding hydrogens is 274 g/mol. The number of sulfonamides is 1. The van der Waals surface area contributed by atoms with Crippen LogP contribution in [0.5, 0.6) is 0 Å². The maximum Gasteiger partial charge on any atom is 0.276 e. The van der Waals surface area contributed by atoms with E-state index < -0.39 is 14.9 Å². The molecular formula is C9H15N5O4S. The van der Waals surface area contributed by atoms with E-state index in [2.05, 4.69) is 15.6 Å². The Balaban J connectivity index is 2.67. The van der Waals surface area contributed by atoms with Crippen molar-refractivity contribution in [3.63, 3.8) is 0 Å². The van der Waals surface area contributed by atoms with Gasteiger partial charge >= 0.3 is 0 Å². The number of rotatable bonds is 7. The molecule has 0 saturated carbocycles. The predicted octanol–water partition coefficient (Wildman–Crippen LogP) is 0.122. The zero-order valence-corrected chi connectivity index (χ0v) is 11.1. The number of hydrogen-bond donors (Lipinski definition) is 3. The molecule has 9 nitrogen and oxygen atoms in total. The van der Waals surface area contributed by atoms with Gasteiger partial charge in [-0.2, -0.15) is 0 Å². The van der Waals surface area contributed by atoms with Gasteiger partial charge in [-0.3, -0.25) is 10.1 Å². The summed E-state index contributed by atoms with van der Waals surface area (Å²) in [6.07, 6.45) is 0.290. The van der Waals surface area contributed by atoms with Crippen LogP contribution >= 0.6 is 0 Å². The van der Waals surface area contributed by atoms with E-state index >= 15 is 0 Å². The lowest BCUT2D eigenvalue weighted by molar-refractivity contribution is -0.384. The van der Waals surface area contributed by atoms with Crippen molar-refractivity contribution in [2.75, 3.05) is 30.0 Å². The van der Waals surface area contributed by atoms with E-state index in [9.17, 15) is 18.5 Å². The van der Waals surface area contributed by atoms with Crippen molar-refractivity contribution in [2.45, 2.75) is 6.42 Å². The molecule has 1 heterocycles. The number of aromatic nitrogens is 1. The molecule has 0 saturated heterocycles. The summed E-state index contributed by atoms with van der Waals surface area (Å²) < 4.78 is 21.4. The Bertz CT molecular complexity index is 560. The Hall–Kier alpha value is -1.94. The van der Waals surface area contributed by atoms with Gasteiger partial charge in [0.2, 0.25) is 10.0 Å². The van der Waals surface area contributed by atoms with Crippen molar-refractivity contribution >= 4 is 27.3 Å². The number of primary sulfonamides is 1. The summed E-state index contributed by atoms with van der Waals surface area (Å²) in [5.41, 5.74) is -0.103. The van der Waals surface area contributed by atoms with Gasteiger partial charge in [0, 0.05) is 13.6 Å². The fourth-order valence-electron chi connectivity index (χ4n) is 1.33. The van der Waals surface area contributed by atoms with E-state index in [1.165, 1.54) is 12.1 Å². The quantitative estimate of drug-likeness (QED) is 0.368. The molecule has 1 aromatic heterocycles. The van der Waals surface area contributed by atoms with Crippen LogP contribution in [0.15, 0.2) is 12.1 Å². The van der Waals surface area contributed by atoms with Gasteiger partial charge in [0.15, 0.2) is 0 Å². The van der Waals surface area contributed by atoms with Crippen LogP contribution < -0.4 is 15.8 Å². The fourth-order valence-corrected chi connectivity index (χ4v) is 1.88. The lowest BCUT2D eigenvalue weighted by atomic mass is 10.3. The van der Waals surface area contributed by atoms with Crippen LogP contribution in [0.25, 0.3) is 0 Å². The summed E-state index contributed by atoms with van der Waals surface area (Å²) in [5.74, 6) is 0.490. The van der Waals surface area contributed by atoms with E-state index in [1.807, 2.05) is 0 Å². The van der Waals surface area contributed by atoms with Crippen LogP contribution in [0.3, 0.4) is 0 Å². The molecule has 0 unspecified atom stereocenters. The lowest BCUT2D eigenvalue weighted by Crippen LogP contribution is -2.19. The van der Waals surface area contributed by atoms with Crippen LogP contribution in [0.4, 0.5) is 17.3 Å². The third kappa shape index (κ3) is 5.48. The molecule has 0 aliphatic rings. The number of nitrogens with one attached hydrogen (secondary N) is 2. The Morgan fingerprint density at radius 3 is 2.58 bits per heavy atom. The van der Waals surface area contributed by atoms with Crippen molar-refractivity contribution in [3.8, 4) is 0 Å². The van der Waals surface area contributed by atoms with Gasteiger partial charge in [-0.1, -0.05) is 0 Å². The molecule has 0 aromatic carbocycles. The van der Waals surface area contributed by atoms with Gasteiger partial charge in [-0.05, 0) is 6.42 Å². The third-order valence-corrected chi connectivity index (χ3v) is 3.05. The van der Waals surface area contributed by atoms with Crippen LogP contribution in [0.1, 0.15) is 6.42 Å². The van der Waals surface area contributed by atoms with Gasteiger partial charge in [-0.25, -0.2) is 18.5 Å². The van der Waals surface area contributed by atoms with Gasteiger partial charge < -0.3 is 10.6 Å². The first-order valence-electron chi connectivity index (χ1n) is 5.40. The highest BCUT2D eigenvalue weighted by Gasteiger charge is 2.10. The van der Waals surface area contributed by atoms with E-state index in [-0.39, 0.29) is 17.9 Å². The standard InChI is InChI=1S/C9H15N5O4S/c1-11-8-5-7(14(15)16)6-9(13-8)12-3-2-4-19(10,17)18/h5-6H,2-4H2,1H3,(H2,10,17,18)(H2,11,12,13). The Morgan fingerprint density at radius 1 is 1.42 bits per heavy atom. The second-order valence-corrected chi connectivity index (χ2v) is 5.48. The molecule has 0 radical (unpaired) electrons. The molecule has 0 amide bonds. The highest BCUT2D eigenvalue weighted by molar-refractivity contribution is 7.89. The van der Waals surface area contributed by atoms with Crippen LogP contribution in [-0.4, -0.2) is 37.7 Å². The van der Waals surface area contributed by atoms with Crippen molar-refractivity contribution in [3.05, 3.63) is 22.2 Å². The molecule has 4 N–H and O–H groups in total. The van der Waals surface area contributed by atoms with Gasteiger partial charge in [-0.15, -0.1) is 0 Å². The summed E-state index contributed by atoms with van der Waals surface area (Å²) in [6, 6.07) is 2.58. The number of anilines is 2. The minimum atomic E-state index is -3.49. The van der Waals surface area contributed by atoms with E-state index in [4.69, 9.17) is 5.14 Å². The van der Waals surface area contributed by atoms with Crippen molar-refractivity contribution < 1.29 is 13.3 Å². The SMILES string of the molecule is CNc1cc([N+](=O)[O-])cc(NCCCS(N)(=O)=O)n1. The van der Waals surface area contributed by atoms with Crippen molar-refractivity contribution in [2.24, 2.45) is 5.14 Å². The number of nitro groups is 1. The maximum absolute atomic E-state index is 10.7. The Kier molecular flexibility index (Phi) is 5.01. The third-order valence-electron chi connectivity index (χ3n) is 2.19. The Labute approximate surface area is 110 Å². The maximum atomic E-state index is 10.7. The average Bonchev–Trinajstić information content (AvgIpc) is 2.33. The van der Waals surface area contributed by atoms with Gasteiger partial charge in [0.05, 0.1) is 22.8 Å². The molecule has 1 aromatic rings. The fraction of sp³-hybridized carbons (Fsp3) is 0.444. The second kappa shape index (κ2) is 6.29. The van der Waals surface area contributed by atoms with Crippen LogP contribution in [-0.2, 0) is 10.0 Å². The average molecular weight is 289 g/mol. The molecule has 0 bridgehead atoms. The van der Waals surface area contributed by atoms with Crippen LogP contribution in [0.2, 0.25) is 0 Å². The van der Waals surface area contributed by atoms with Gasteiger partial charge in [0.1, 0.15) is 11.6 Å². The van der Waals surface area contributed by atoms with Crippen LogP contribution in [0, 0.1) is 10.1 Å². The van der Waals surface area contributed by atoms with E-state index in [0.717, 1.165) is 0 Å². The first-order chi connectivity index (χ1) is 8.81. The molecule has 0 aliphatic heterocycles. The summed E-state index contributed by atoms with van der Waals surface area (Å²) in [7, 11) is -1.90. The Morgan fingerprint density at radius 2 is 2.05 bits per heavy atom. The number of hydrogen-bond acceptors (Lipinski definition) is 7. The summed E-state index contributed by atoms with van der Waals surface area (Å²) >= 11 is 0. The zero-order valence-electron chi connectivity index (χ0n) is 10.3. The summed E-state index contributed by atoms with van der Waals surface area (Å²) in [4.78, 5) is 14.2. The number of pyridine rings is 1. The second-order valence-electron chi connectivity index (χ2n) is 3.75. The zero-order chi connectivity index (χ0) is 14.5. The first kappa shape index (κ1) is 15.1. The molecule has 0 spiro atoms. The minimum absolute atomic E-state index is 0.103. The summed E-state index contributed by atoms with van der Waals surface area (Å²) in [5, 5.41) is 21.1. The van der Waals surface area contributed by atoms with E-state index in [1.54, 1.807) is 7.05 Å². The highest BCUT2D eigenvalue weighted by Crippen LogP contribution is 2.20. The topological polar surface area (TPSA) is 140 Å². The summed E-state index contributed by atoms with van der Waals surface area (Å²) in [6.45, 7) is 0.299. The molecule has 0 aliphatic carbocycles. The normalized spacial score (nSPS) is 11.1. The molecule has 1 rings (SSSR count). The number of nitrogens with two attached hydrogens (primary N) is 1. The predicted molar refractivity (Wildman–Crippen MR) is 71.5 cm³/mol. The van der Waals surface area contributed by atoms with Crippen molar-refractivity contribution in [1.29, 1.82) is 0 Å². The van der Waals surface area contributed by atoms with E-state index in [0.29, 0.717) is 18.2 Å². The molecule has 19 heavy (non-hydrogen) atoms. The molecule has 10 heteroatoms. The number of nitrogens with zero attached hydrogens (tertiary/aromatic N) is 2. The monoisotopic (exact) mass is 289 g/mol. The smallest absolute Gasteiger partial charge is 0.276 e. The minimum Gasteiger partial charge on any atom is -0.373 e. The molecule has 0 fully saturated rings. The molecule has 106 valence electrons. The van der Waals surface area contributed by atoms with Crippen molar-refractivity contribution in [1.82, 2.24) is 4.98 Å².